The molecule has 0 aromatic heterocycles. The molecule has 0 bridgehead atoms. The van der Waals surface area contributed by atoms with Crippen LogP contribution in [-0.2, 0) is 0 Å². The Morgan fingerprint density at radius 1 is 0.645 bits per heavy atom. The number of hydrogen-bond acceptors (Lipinski definition) is 3. The third-order valence-electron chi connectivity index (χ3n) is 5.59. The van der Waals surface area contributed by atoms with E-state index < -0.39 is 0 Å². The summed E-state index contributed by atoms with van der Waals surface area (Å²) in [6.45, 7) is 0. The molecular formula is C28H22N2O. The third kappa shape index (κ3) is 3.51. The molecule has 0 spiro atoms. The lowest BCUT2D eigenvalue weighted by molar-refractivity contribution is 0.104. The van der Waals surface area contributed by atoms with Crippen LogP contribution in [0.3, 0.4) is 0 Å². The van der Waals surface area contributed by atoms with E-state index in [4.69, 9.17) is 0 Å². The summed E-state index contributed by atoms with van der Waals surface area (Å²) in [6, 6.07) is 36.7. The zero-order chi connectivity index (χ0) is 21.2. The molecule has 31 heavy (non-hydrogen) atoms. The van der Waals surface area contributed by atoms with Gasteiger partial charge in [0.1, 0.15) is 0 Å². The molecule has 1 aliphatic rings. The van der Waals surface area contributed by atoms with Gasteiger partial charge in [0.15, 0.2) is 0 Å². The second-order valence-electron chi connectivity index (χ2n) is 7.53. The van der Waals surface area contributed by atoms with Crippen molar-refractivity contribution in [1.29, 1.82) is 0 Å². The molecule has 0 saturated carbocycles. The molecule has 1 aliphatic heterocycles. The average Bonchev–Trinajstić information content (AvgIpc) is 3.07. The Kier molecular flexibility index (Phi) is 4.85. The Balaban J connectivity index is 1.50. The molecule has 3 nitrogen and oxygen atoms in total. The van der Waals surface area contributed by atoms with E-state index >= 15 is 0 Å². The number of carbonyl (C=O) groups excluding carboxylic acids is 1. The Hall–Kier alpha value is -4.11. The topological polar surface area (TPSA) is 23.6 Å². The van der Waals surface area contributed by atoms with E-state index in [1.807, 2.05) is 78.7 Å². The van der Waals surface area contributed by atoms with Crippen LogP contribution >= 0.6 is 0 Å². The number of hydrogen-bond donors (Lipinski definition) is 0. The van der Waals surface area contributed by atoms with Crippen molar-refractivity contribution in [3.8, 4) is 0 Å². The highest BCUT2D eigenvalue weighted by molar-refractivity contribution is 6.21. The standard InChI is InChI=1S/C28H22N2O/c1-29-26-15-9-8-14-25(26)28(31)27(29)20-21-16-18-24(19-17-21)30(22-10-4-2-5-11-22)23-12-6-3-7-13-23/h2-20H,1H3. The summed E-state index contributed by atoms with van der Waals surface area (Å²) >= 11 is 0. The quantitative estimate of drug-likeness (QED) is 0.350. The van der Waals surface area contributed by atoms with Crippen molar-refractivity contribution >= 4 is 34.6 Å². The molecule has 0 unspecified atom stereocenters. The van der Waals surface area contributed by atoms with Crippen LogP contribution in [0.1, 0.15) is 15.9 Å². The predicted octanol–water partition coefficient (Wildman–Crippen LogP) is 6.83. The summed E-state index contributed by atoms with van der Waals surface area (Å²) in [5.74, 6) is 0.0670. The molecule has 0 fully saturated rings. The SMILES string of the molecule is CN1C(=Cc2ccc(N(c3ccccc3)c3ccccc3)cc2)C(=O)c2ccccc21. The van der Waals surface area contributed by atoms with E-state index in [2.05, 4.69) is 53.4 Å². The number of fused-ring (bicyclic) bond motifs is 1. The van der Waals surface area contributed by atoms with E-state index in [1.165, 1.54) is 0 Å². The van der Waals surface area contributed by atoms with E-state index in [0.29, 0.717) is 5.70 Å². The Morgan fingerprint density at radius 3 is 1.74 bits per heavy atom. The monoisotopic (exact) mass is 402 g/mol. The second-order valence-corrected chi connectivity index (χ2v) is 7.53. The van der Waals surface area contributed by atoms with Gasteiger partial charge in [-0.2, -0.15) is 0 Å². The lowest BCUT2D eigenvalue weighted by Crippen LogP contribution is -2.13. The van der Waals surface area contributed by atoms with Crippen molar-refractivity contribution < 1.29 is 4.79 Å². The highest BCUT2D eigenvalue weighted by Crippen LogP contribution is 2.36. The molecule has 4 aromatic rings. The molecule has 0 amide bonds. The molecule has 150 valence electrons. The third-order valence-corrected chi connectivity index (χ3v) is 5.59. The minimum Gasteiger partial charge on any atom is -0.341 e. The van der Waals surface area contributed by atoms with Gasteiger partial charge in [-0.05, 0) is 60.2 Å². The molecule has 5 rings (SSSR count). The first-order valence-corrected chi connectivity index (χ1v) is 10.3. The fraction of sp³-hybridized carbons (Fsp3) is 0.0357. The van der Waals surface area contributed by atoms with Crippen LogP contribution in [0.25, 0.3) is 6.08 Å². The molecule has 1 heterocycles. The number of anilines is 4. The minimum absolute atomic E-state index is 0.0670. The van der Waals surface area contributed by atoms with Crippen LogP contribution in [0.15, 0.2) is 115 Å². The van der Waals surface area contributed by atoms with Gasteiger partial charge in [0, 0.05) is 29.7 Å². The van der Waals surface area contributed by atoms with Crippen molar-refractivity contribution in [2.75, 3.05) is 16.8 Å². The van der Waals surface area contributed by atoms with E-state index in [9.17, 15) is 4.79 Å². The first-order chi connectivity index (χ1) is 15.2. The number of ketones is 1. The van der Waals surface area contributed by atoms with Gasteiger partial charge in [0.05, 0.1) is 11.4 Å². The van der Waals surface area contributed by atoms with Crippen LogP contribution < -0.4 is 9.80 Å². The maximum atomic E-state index is 12.8. The predicted molar refractivity (Wildman–Crippen MR) is 128 cm³/mol. The number of Topliss-reactive ketones (excluding diaryl/α,β-unsaturated/α-hetero) is 1. The van der Waals surface area contributed by atoms with E-state index in [-0.39, 0.29) is 5.78 Å². The number of nitrogens with zero attached hydrogens (tertiary/aromatic N) is 2. The molecule has 0 radical (unpaired) electrons. The van der Waals surface area contributed by atoms with Gasteiger partial charge < -0.3 is 9.80 Å². The molecule has 0 aliphatic carbocycles. The number of benzene rings is 4. The Bertz CT molecular complexity index is 1210. The van der Waals surface area contributed by atoms with E-state index in [0.717, 1.165) is 33.9 Å². The fourth-order valence-corrected chi connectivity index (χ4v) is 4.02. The second kappa shape index (κ2) is 7.96. The van der Waals surface area contributed by atoms with Gasteiger partial charge in [0.25, 0.3) is 0 Å². The van der Waals surface area contributed by atoms with Crippen LogP contribution in [-0.4, -0.2) is 12.8 Å². The number of rotatable bonds is 4. The smallest absolute Gasteiger partial charge is 0.211 e. The van der Waals surface area contributed by atoms with Crippen molar-refractivity contribution in [2.45, 2.75) is 0 Å². The zero-order valence-corrected chi connectivity index (χ0v) is 17.3. The first-order valence-electron chi connectivity index (χ1n) is 10.3. The van der Waals surface area contributed by atoms with Gasteiger partial charge in [-0.15, -0.1) is 0 Å². The highest BCUT2D eigenvalue weighted by Gasteiger charge is 2.29. The number of likely N-dealkylation sites (N-methyl/N-ethyl adjacent to an activating group) is 1. The van der Waals surface area contributed by atoms with Crippen molar-refractivity contribution in [2.24, 2.45) is 0 Å². The van der Waals surface area contributed by atoms with Gasteiger partial charge in [0.2, 0.25) is 5.78 Å². The maximum absolute atomic E-state index is 12.8. The van der Waals surface area contributed by atoms with E-state index in [1.54, 1.807) is 0 Å². The summed E-state index contributed by atoms with van der Waals surface area (Å²) in [5.41, 5.74) is 6.66. The zero-order valence-electron chi connectivity index (χ0n) is 17.3. The number of para-hydroxylation sites is 3. The highest BCUT2D eigenvalue weighted by atomic mass is 16.1. The molecule has 0 atom stereocenters. The van der Waals surface area contributed by atoms with Gasteiger partial charge in [-0.25, -0.2) is 0 Å². The summed E-state index contributed by atoms with van der Waals surface area (Å²) in [4.78, 5) is 17.0. The minimum atomic E-state index is 0.0670. The fourth-order valence-electron chi connectivity index (χ4n) is 4.02. The Morgan fingerprint density at radius 2 is 1.16 bits per heavy atom. The Labute approximate surface area is 182 Å². The van der Waals surface area contributed by atoms with Crippen molar-refractivity contribution in [3.05, 3.63) is 126 Å². The van der Waals surface area contributed by atoms with Crippen LogP contribution in [0.5, 0.6) is 0 Å². The van der Waals surface area contributed by atoms with Gasteiger partial charge >= 0.3 is 0 Å². The van der Waals surface area contributed by atoms with Crippen molar-refractivity contribution in [1.82, 2.24) is 0 Å². The lowest BCUT2D eigenvalue weighted by atomic mass is 10.1. The molecule has 4 aromatic carbocycles. The van der Waals surface area contributed by atoms with Crippen LogP contribution in [0.2, 0.25) is 0 Å². The maximum Gasteiger partial charge on any atom is 0.211 e. The molecule has 0 N–H and O–H groups in total. The lowest BCUT2D eigenvalue weighted by Gasteiger charge is -2.25. The van der Waals surface area contributed by atoms with Crippen LogP contribution in [0, 0.1) is 0 Å². The summed E-state index contributed by atoms with van der Waals surface area (Å²) in [6.07, 6.45) is 1.96. The average molecular weight is 402 g/mol. The van der Waals surface area contributed by atoms with Gasteiger partial charge in [-0.1, -0.05) is 60.7 Å². The molecule has 3 heteroatoms. The normalized spacial score (nSPS) is 14.0. The summed E-state index contributed by atoms with van der Waals surface area (Å²) in [7, 11) is 1.94. The van der Waals surface area contributed by atoms with Crippen LogP contribution in [0.4, 0.5) is 22.7 Å². The van der Waals surface area contributed by atoms with Crippen molar-refractivity contribution in [3.63, 3.8) is 0 Å². The number of allylic oxidation sites excluding steroid dienone is 1. The molecular weight excluding hydrogens is 380 g/mol. The summed E-state index contributed by atoms with van der Waals surface area (Å²) < 4.78 is 0. The summed E-state index contributed by atoms with van der Waals surface area (Å²) in [5, 5.41) is 0. The molecule has 0 saturated heterocycles. The van der Waals surface area contributed by atoms with Gasteiger partial charge in [-0.3, -0.25) is 4.79 Å². The number of carbonyl (C=O) groups is 1. The first kappa shape index (κ1) is 18.9. The largest absolute Gasteiger partial charge is 0.341 e.